The van der Waals surface area contributed by atoms with E-state index in [0.29, 0.717) is 0 Å². The molecule has 0 radical (unpaired) electrons. The number of nitrogens with zero attached hydrogens (tertiary/aromatic N) is 2. The maximum atomic E-state index is 12.4. The molecule has 0 aliphatic carbocycles. The van der Waals surface area contributed by atoms with E-state index in [9.17, 15) is 19.7 Å². The Labute approximate surface area is 136 Å². The number of pyridine rings is 1. The van der Waals surface area contributed by atoms with Crippen LogP contribution in [0.15, 0.2) is 30.5 Å². The molecule has 24 heavy (non-hydrogen) atoms. The molecule has 0 fully saturated rings. The van der Waals surface area contributed by atoms with Crippen LogP contribution in [0.3, 0.4) is 0 Å². The molecule has 1 heterocycles. The Morgan fingerprint density at radius 3 is 2.79 bits per heavy atom. The summed E-state index contributed by atoms with van der Waals surface area (Å²) >= 11 is 0. The van der Waals surface area contributed by atoms with Crippen molar-refractivity contribution < 1.29 is 24.4 Å². The highest BCUT2D eigenvalue weighted by Crippen LogP contribution is 2.26. The van der Waals surface area contributed by atoms with E-state index in [4.69, 9.17) is 9.84 Å². The second-order valence-corrected chi connectivity index (χ2v) is 4.93. The van der Waals surface area contributed by atoms with E-state index in [0.717, 1.165) is 0 Å². The number of methoxy groups -OCH3 is 1. The summed E-state index contributed by atoms with van der Waals surface area (Å²) < 4.78 is 4.82. The van der Waals surface area contributed by atoms with Crippen LogP contribution in [0.5, 0.6) is 0 Å². The van der Waals surface area contributed by atoms with Gasteiger partial charge in [0, 0.05) is 32.4 Å². The van der Waals surface area contributed by atoms with E-state index in [-0.39, 0.29) is 35.2 Å². The van der Waals surface area contributed by atoms with Crippen LogP contribution in [0.2, 0.25) is 0 Å². The number of hydrogen-bond donors (Lipinski definition) is 2. The minimum Gasteiger partial charge on any atom is -0.480 e. The molecule has 0 saturated carbocycles. The summed E-state index contributed by atoms with van der Waals surface area (Å²) in [4.78, 5) is 38.1. The highest BCUT2D eigenvalue weighted by atomic mass is 16.6. The summed E-state index contributed by atoms with van der Waals surface area (Å²) in [6.07, 6.45) is 1.50. The number of aliphatic carboxylic acids is 1. The van der Waals surface area contributed by atoms with Crippen LogP contribution in [0.1, 0.15) is 16.8 Å². The molecule has 1 amide bonds. The fourth-order valence-corrected chi connectivity index (χ4v) is 2.23. The average Bonchev–Trinajstić information content (AvgIpc) is 2.56. The first-order valence-corrected chi connectivity index (χ1v) is 7.00. The number of non-ortho nitro benzene ring substituents is 1. The highest BCUT2D eigenvalue weighted by Gasteiger charge is 2.23. The van der Waals surface area contributed by atoms with Gasteiger partial charge in [-0.05, 0) is 18.2 Å². The molecular weight excluding hydrogens is 318 g/mol. The third kappa shape index (κ3) is 3.63. The number of carboxylic acids is 1. The van der Waals surface area contributed by atoms with Crippen LogP contribution < -0.4 is 5.32 Å². The molecular formula is C15H15N3O6. The molecule has 1 aromatic heterocycles. The van der Waals surface area contributed by atoms with E-state index in [2.05, 4.69) is 10.3 Å². The fraction of sp³-hybridized carbons (Fsp3) is 0.267. The smallest absolute Gasteiger partial charge is 0.326 e. The number of nitrogens with one attached hydrogen (secondary N) is 1. The number of carbonyl (C=O) groups is 2. The van der Waals surface area contributed by atoms with Crippen molar-refractivity contribution in [3.05, 3.63) is 46.1 Å². The van der Waals surface area contributed by atoms with Gasteiger partial charge in [-0.1, -0.05) is 0 Å². The van der Waals surface area contributed by atoms with Gasteiger partial charge in [-0.15, -0.1) is 0 Å². The van der Waals surface area contributed by atoms with Crippen molar-refractivity contribution in [3.63, 3.8) is 0 Å². The third-order valence-electron chi connectivity index (χ3n) is 3.40. The van der Waals surface area contributed by atoms with Crippen molar-refractivity contribution >= 4 is 28.5 Å². The Bertz CT molecular complexity index is 792. The Balaban J connectivity index is 2.38. The van der Waals surface area contributed by atoms with Crippen LogP contribution in [-0.4, -0.2) is 46.6 Å². The minimum atomic E-state index is -1.19. The molecule has 126 valence electrons. The van der Waals surface area contributed by atoms with Crippen LogP contribution in [0, 0.1) is 10.1 Å². The van der Waals surface area contributed by atoms with Gasteiger partial charge in [0.05, 0.1) is 21.4 Å². The normalized spacial score (nSPS) is 11.9. The number of rotatable bonds is 7. The Hall–Kier alpha value is -3.07. The minimum absolute atomic E-state index is 0.0693. The molecule has 0 aliphatic rings. The molecule has 0 spiro atoms. The molecule has 0 bridgehead atoms. The van der Waals surface area contributed by atoms with Gasteiger partial charge in [0.25, 0.3) is 11.6 Å². The molecule has 2 aromatic rings. The topological polar surface area (TPSA) is 132 Å². The summed E-state index contributed by atoms with van der Waals surface area (Å²) in [5.41, 5.74) is 0.0313. The monoisotopic (exact) mass is 333 g/mol. The predicted molar refractivity (Wildman–Crippen MR) is 83.8 cm³/mol. The second kappa shape index (κ2) is 7.47. The van der Waals surface area contributed by atoms with Gasteiger partial charge in [-0.3, -0.25) is 19.9 Å². The van der Waals surface area contributed by atoms with Crippen LogP contribution in [0.25, 0.3) is 10.9 Å². The molecule has 1 aromatic carbocycles. The van der Waals surface area contributed by atoms with E-state index >= 15 is 0 Å². The lowest BCUT2D eigenvalue weighted by Gasteiger charge is -2.14. The quantitative estimate of drug-likeness (QED) is 0.577. The number of amides is 1. The van der Waals surface area contributed by atoms with Gasteiger partial charge in [-0.25, -0.2) is 4.79 Å². The predicted octanol–water partition coefficient (Wildman–Crippen LogP) is 1.36. The van der Waals surface area contributed by atoms with Gasteiger partial charge >= 0.3 is 5.97 Å². The Morgan fingerprint density at radius 2 is 2.17 bits per heavy atom. The third-order valence-corrected chi connectivity index (χ3v) is 3.40. The number of hydrogen-bond acceptors (Lipinski definition) is 6. The molecule has 2 rings (SSSR count). The van der Waals surface area contributed by atoms with Gasteiger partial charge < -0.3 is 15.2 Å². The van der Waals surface area contributed by atoms with Crippen molar-refractivity contribution in [2.45, 2.75) is 12.5 Å². The highest BCUT2D eigenvalue weighted by molar-refractivity contribution is 6.08. The number of carboxylic acid groups (broad SMARTS) is 1. The Kier molecular flexibility index (Phi) is 5.38. The van der Waals surface area contributed by atoms with Crippen molar-refractivity contribution in [2.75, 3.05) is 13.7 Å². The molecule has 9 heteroatoms. The molecule has 1 atom stereocenters. The Morgan fingerprint density at radius 1 is 1.42 bits per heavy atom. The summed E-state index contributed by atoms with van der Waals surface area (Å²) in [7, 11) is 1.43. The standard InChI is InChI=1S/C15H15N3O6/c1-24-8-6-11(15(20)21)17-14(19)10-4-5-12(18(22)23)9-3-2-7-16-13(9)10/h2-5,7,11H,6,8H2,1H3,(H,17,19)(H,20,21). The fourth-order valence-electron chi connectivity index (χ4n) is 2.23. The van der Waals surface area contributed by atoms with Crippen molar-refractivity contribution in [1.82, 2.24) is 10.3 Å². The van der Waals surface area contributed by atoms with Gasteiger partial charge in [-0.2, -0.15) is 0 Å². The zero-order valence-corrected chi connectivity index (χ0v) is 12.8. The summed E-state index contributed by atoms with van der Waals surface area (Å²) in [5, 5.41) is 22.8. The van der Waals surface area contributed by atoms with Crippen molar-refractivity contribution in [3.8, 4) is 0 Å². The lowest BCUT2D eigenvalue weighted by molar-refractivity contribution is -0.383. The summed E-state index contributed by atoms with van der Waals surface area (Å²) in [6.45, 7) is 0.163. The average molecular weight is 333 g/mol. The number of fused-ring (bicyclic) bond motifs is 1. The number of benzene rings is 1. The maximum Gasteiger partial charge on any atom is 0.326 e. The van der Waals surface area contributed by atoms with Crippen molar-refractivity contribution in [2.24, 2.45) is 0 Å². The zero-order valence-electron chi connectivity index (χ0n) is 12.8. The van der Waals surface area contributed by atoms with E-state index in [1.807, 2.05) is 0 Å². The summed E-state index contributed by atoms with van der Waals surface area (Å²) in [6, 6.07) is 4.33. The van der Waals surface area contributed by atoms with Crippen LogP contribution in [0.4, 0.5) is 5.69 Å². The van der Waals surface area contributed by atoms with E-state index < -0.39 is 22.8 Å². The lowest BCUT2D eigenvalue weighted by atomic mass is 10.1. The molecule has 0 saturated heterocycles. The van der Waals surface area contributed by atoms with Gasteiger partial charge in [0.2, 0.25) is 0 Å². The van der Waals surface area contributed by atoms with Crippen molar-refractivity contribution in [1.29, 1.82) is 0 Å². The summed E-state index contributed by atoms with van der Waals surface area (Å²) in [5.74, 6) is -1.86. The molecule has 1 unspecified atom stereocenters. The number of carbonyl (C=O) groups excluding carboxylic acids is 1. The maximum absolute atomic E-state index is 12.4. The SMILES string of the molecule is COCCC(NC(=O)c1ccc([N+](=O)[O-])c2cccnc12)C(=O)O. The number of aromatic nitrogens is 1. The van der Waals surface area contributed by atoms with Crippen LogP contribution >= 0.6 is 0 Å². The molecule has 2 N–H and O–H groups in total. The molecule has 9 nitrogen and oxygen atoms in total. The first-order chi connectivity index (χ1) is 11.5. The van der Waals surface area contributed by atoms with Crippen LogP contribution in [-0.2, 0) is 9.53 Å². The molecule has 0 aliphatic heterocycles. The first kappa shape index (κ1) is 17.3. The van der Waals surface area contributed by atoms with E-state index in [1.165, 1.54) is 37.6 Å². The first-order valence-electron chi connectivity index (χ1n) is 7.00. The largest absolute Gasteiger partial charge is 0.480 e. The second-order valence-electron chi connectivity index (χ2n) is 4.93. The lowest BCUT2D eigenvalue weighted by Crippen LogP contribution is -2.41. The number of ether oxygens (including phenoxy) is 1. The zero-order chi connectivity index (χ0) is 17.7. The van der Waals surface area contributed by atoms with E-state index in [1.54, 1.807) is 0 Å². The van der Waals surface area contributed by atoms with Gasteiger partial charge in [0.15, 0.2) is 0 Å². The number of nitro groups is 1. The van der Waals surface area contributed by atoms with Gasteiger partial charge in [0.1, 0.15) is 6.04 Å². The number of nitro benzene ring substituents is 1.